The normalized spacial score (nSPS) is 14.0. The molecule has 2 aromatic heterocycles. The minimum absolute atomic E-state index is 0.235. The minimum Gasteiger partial charge on any atom is -0.309 e. The average Bonchev–Trinajstić information content (AvgIpc) is 3.75. The number of rotatable bonds is 4. The van der Waals surface area contributed by atoms with Crippen molar-refractivity contribution in [1.29, 1.82) is 0 Å². The van der Waals surface area contributed by atoms with E-state index >= 15 is 0 Å². The van der Waals surface area contributed by atoms with Crippen LogP contribution < -0.4 is 0 Å². The molecule has 3 heteroatoms. The first kappa shape index (κ1) is 33.1. The Morgan fingerprint density at radius 1 is 0.517 bits per heavy atom. The number of fused-ring (bicyclic) bond motifs is 13. The fourth-order valence-corrected chi connectivity index (χ4v) is 10.3. The maximum atomic E-state index is 5.20. The van der Waals surface area contributed by atoms with Crippen LogP contribution in [0.2, 0.25) is 0 Å². The molecule has 0 radical (unpaired) electrons. The van der Waals surface area contributed by atoms with Crippen molar-refractivity contribution in [2.75, 3.05) is 0 Å². The topological polar surface area (TPSA) is 30.7 Å². The number of hydrogen-bond donors (Lipinski definition) is 0. The first-order valence-corrected chi connectivity index (χ1v) is 20.4. The maximum Gasteiger partial charge on any atom is 0.160 e. The van der Waals surface area contributed by atoms with Crippen LogP contribution in [0, 0.1) is 0 Å². The summed E-state index contributed by atoms with van der Waals surface area (Å²) in [6.07, 6.45) is 6.79. The molecule has 0 spiro atoms. The lowest BCUT2D eigenvalue weighted by atomic mass is 9.78. The van der Waals surface area contributed by atoms with E-state index in [-0.39, 0.29) is 5.41 Å². The van der Waals surface area contributed by atoms with Gasteiger partial charge in [-0.3, -0.25) is 0 Å². The van der Waals surface area contributed by atoms with E-state index < -0.39 is 0 Å². The molecular weight excluding hydrogens is 703 g/mol. The Morgan fingerprint density at radius 2 is 1.17 bits per heavy atom. The third kappa shape index (κ3) is 4.74. The number of para-hydroxylation sites is 1. The highest BCUT2D eigenvalue weighted by Crippen LogP contribution is 2.57. The summed E-state index contributed by atoms with van der Waals surface area (Å²) in [6, 6.07) is 59.4. The van der Waals surface area contributed by atoms with E-state index in [0.29, 0.717) is 0 Å². The molecule has 3 nitrogen and oxygen atoms in total. The van der Waals surface area contributed by atoms with Crippen molar-refractivity contribution in [3.8, 4) is 50.6 Å². The van der Waals surface area contributed by atoms with Gasteiger partial charge in [-0.1, -0.05) is 159 Å². The van der Waals surface area contributed by atoms with Gasteiger partial charge < -0.3 is 4.57 Å². The Hall–Kier alpha value is -7.10. The van der Waals surface area contributed by atoms with Crippen molar-refractivity contribution in [3.63, 3.8) is 0 Å². The molecule has 0 fully saturated rings. The molecule has 2 aliphatic rings. The van der Waals surface area contributed by atoms with Gasteiger partial charge in [-0.25, -0.2) is 9.97 Å². The zero-order chi connectivity index (χ0) is 38.5. The lowest BCUT2D eigenvalue weighted by Gasteiger charge is -2.25. The van der Waals surface area contributed by atoms with Crippen molar-refractivity contribution in [3.05, 3.63) is 192 Å². The Morgan fingerprint density at radius 3 is 2.00 bits per heavy atom. The van der Waals surface area contributed by atoms with E-state index in [9.17, 15) is 0 Å². The summed E-state index contributed by atoms with van der Waals surface area (Å²) in [4.78, 5) is 10.3. The monoisotopic (exact) mass is 741 g/mol. The van der Waals surface area contributed by atoms with Gasteiger partial charge in [0, 0.05) is 38.7 Å². The lowest BCUT2D eigenvalue weighted by Crippen LogP contribution is -2.17. The second-order valence-corrected chi connectivity index (χ2v) is 16.4. The molecule has 2 aliphatic carbocycles. The molecule has 10 aromatic rings. The molecule has 274 valence electrons. The molecule has 0 N–H and O–H groups in total. The summed E-state index contributed by atoms with van der Waals surface area (Å²) in [5.41, 5.74) is 16.8. The smallest absolute Gasteiger partial charge is 0.160 e. The summed E-state index contributed by atoms with van der Waals surface area (Å²) in [6.45, 7) is 4.90. The molecule has 2 heterocycles. The predicted octanol–water partition coefficient (Wildman–Crippen LogP) is 14.1. The molecule has 0 saturated heterocycles. The fourth-order valence-electron chi connectivity index (χ4n) is 10.3. The van der Waals surface area contributed by atoms with Crippen molar-refractivity contribution in [1.82, 2.24) is 14.5 Å². The number of nitrogens with zero attached hydrogens (tertiary/aromatic N) is 3. The van der Waals surface area contributed by atoms with Gasteiger partial charge in [-0.2, -0.15) is 0 Å². The Labute approximate surface area is 337 Å². The number of allylic oxidation sites excluding steroid dienone is 1. The molecule has 0 unspecified atom stereocenters. The highest BCUT2D eigenvalue weighted by atomic mass is 15.0. The first-order valence-electron chi connectivity index (χ1n) is 20.4. The zero-order valence-corrected chi connectivity index (χ0v) is 32.5. The van der Waals surface area contributed by atoms with Crippen LogP contribution in [0.3, 0.4) is 0 Å². The Bertz CT molecular complexity index is 3360. The van der Waals surface area contributed by atoms with Crippen LogP contribution in [-0.4, -0.2) is 14.5 Å². The molecule has 0 atom stereocenters. The van der Waals surface area contributed by atoms with Gasteiger partial charge in [0.05, 0.1) is 16.7 Å². The summed E-state index contributed by atoms with van der Waals surface area (Å²) < 4.78 is 2.57. The molecule has 58 heavy (non-hydrogen) atoms. The van der Waals surface area contributed by atoms with Crippen LogP contribution in [0.1, 0.15) is 42.7 Å². The quantitative estimate of drug-likeness (QED) is 0.168. The standard InChI is InChI=1S/C55H39N3/c1-55(2)50-43-26-9-7-23-40(43)39-22-6-8-25-42(39)49(50)46-31-30-44-41-24-11-13-29-48(41)58(53(44)51(46)55)38-21-15-19-36(33-38)35-18-14-20-37(32-35)54-56-47-28-12-10-27-45(47)52(57-54)34-16-4-3-5-17-34/h3-10,12-23,25-33H,11,24H2,1-2H3. The summed E-state index contributed by atoms with van der Waals surface area (Å²) in [5, 5.41) is 7.74. The van der Waals surface area contributed by atoms with Gasteiger partial charge in [0.25, 0.3) is 0 Å². The number of hydrogen-bond acceptors (Lipinski definition) is 2. The Balaban J connectivity index is 1.05. The Kier molecular flexibility index (Phi) is 7.10. The van der Waals surface area contributed by atoms with Crippen LogP contribution >= 0.6 is 0 Å². The van der Waals surface area contributed by atoms with Gasteiger partial charge >= 0.3 is 0 Å². The van der Waals surface area contributed by atoms with Gasteiger partial charge in [-0.15, -0.1) is 0 Å². The highest BCUT2D eigenvalue weighted by Gasteiger charge is 2.41. The van der Waals surface area contributed by atoms with Crippen LogP contribution in [0.5, 0.6) is 0 Å². The molecule has 0 bridgehead atoms. The molecule has 8 aromatic carbocycles. The van der Waals surface area contributed by atoms with Crippen molar-refractivity contribution in [2.24, 2.45) is 0 Å². The molecule has 0 amide bonds. The van der Waals surface area contributed by atoms with Gasteiger partial charge in [0.1, 0.15) is 0 Å². The maximum absolute atomic E-state index is 5.20. The SMILES string of the molecule is CC1(C)c2c(c3ccccc3c3ccccc23)-c2ccc3c4c(n(-c5cccc(-c6cccc(-c7nc(-c8ccccc8)c8ccccc8n7)c6)c5)c3c21)C=CCC4. The second-order valence-electron chi connectivity index (χ2n) is 16.4. The van der Waals surface area contributed by atoms with E-state index in [1.807, 2.05) is 12.1 Å². The summed E-state index contributed by atoms with van der Waals surface area (Å²) in [7, 11) is 0. The predicted molar refractivity (Wildman–Crippen MR) is 243 cm³/mol. The van der Waals surface area contributed by atoms with Crippen molar-refractivity contribution >= 4 is 49.4 Å². The highest BCUT2D eigenvalue weighted by molar-refractivity contribution is 6.19. The molecule has 0 aliphatic heterocycles. The van der Waals surface area contributed by atoms with Crippen molar-refractivity contribution in [2.45, 2.75) is 32.1 Å². The van der Waals surface area contributed by atoms with E-state index in [0.717, 1.165) is 57.5 Å². The van der Waals surface area contributed by atoms with Crippen LogP contribution in [0.15, 0.2) is 170 Å². The number of aryl methyl sites for hydroxylation is 1. The van der Waals surface area contributed by atoms with E-state index in [4.69, 9.17) is 9.97 Å². The summed E-state index contributed by atoms with van der Waals surface area (Å²) >= 11 is 0. The first-order chi connectivity index (χ1) is 28.5. The van der Waals surface area contributed by atoms with Crippen molar-refractivity contribution < 1.29 is 0 Å². The average molecular weight is 742 g/mol. The van der Waals surface area contributed by atoms with E-state index in [1.54, 1.807) is 0 Å². The second kappa shape index (κ2) is 12.4. The third-order valence-corrected chi connectivity index (χ3v) is 12.8. The molecule has 12 rings (SSSR count). The van der Waals surface area contributed by atoms with Gasteiger partial charge in [0.2, 0.25) is 0 Å². The number of aromatic nitrogens is 3. The summed E-state index contributed by atoms with van der Waals surface area (Å²) in [5.74, 6) is 0.726. The number of benzene rings is 8. The third-order valence-electron chi connectivity index (χ3n) is 12.8. The zero-order valence-electron chi connectivity index (χ0n) is 32.5. The molecule has 0 saturated carbocycles. The van der Waals surface area contributed by atoms with Gasteiger partial charge in [-0.05, 0) is 104 Å². The van der Waals surface area contributed by atoms with E-state index in [2.05, 4.69) is 182 Å². The van der Waals surface area contributed by atoms with Gasteiger partial charge in [0.15, 0.2) is 5.82 Å². The van der Waals surface area contributed by atoms with Crippen LogP contribution in [0.25, 0.3) is 100 Å². The minimum atomic E-state index is -0.235. The largest absolute Gasteiger partial charge is 0.309 e. The van der Waals surface area contributed by atoms with Crippen LogP contribution in [0.4, 0.5) is 0 Å². The molecular formula is C55H39N3. The fraction of sp³-hybridized carbons (Fsp3) is 0.0909. The van der Waals surface area contributed by atoms with Crippen LogP contribution in [-0.2, 0) is 11.8 Å². The van der Waals surface area contributed by atoms with E-state index in [1.165, 1.54) is 71.6 Å². The lowest BCUT2D eigenvalue weighted by molar-refractivity contribution is 0.669.